The molecule has 6 nitrogen and oxygen atoms in total. The van der Waals surface area contributed by atoms with Gasteiger partial charge in [0.2, 0.25) is 0 Å². The Morgan fingerprint density at radius 3 is 2.51 bits per heavy atom. The first-order valence-electron chi connectivity index (χ1n) is 12.9. The number of hydrogen-bond acceptors (Lipinski definition) is 5. The van der Waals surface area contributed by atoms with Gasteiger partial charge in [-0.15, -0.1) is 5.11 Å². The van der Waals surface area contributed by atoms with Gasteiger partial charge in [0.1, 0.15) is 17.1 Å². The molecule has 2 aromatic carbocycles. The largest absolute Gasteiger partial charge is 0.457 e. The molecular weight excluding hydrogens is 440 g/mol. The molecule has 0 spiro atoms. The van der Waals surface area contributed by atoms with E-state index in [1.54, 1.807) is 32.9 Å². The molecule has 0 aromatic heterocycles. The Bertz CT molecular complexity index is 1120. The number of fused-ring (bicyclic) bond motifs is 5. The molecular formula is C29H36N2O4. The number of aliphatic hydroxyl groups is 1. The smallest absolute Gasteiger partial charge is 0.452 e. The van der Waals surface area contributed by atoms with Crippen LogP contribution < -0.4 is 4.74 Å². The highest BCUT2D eigenvalue weighted by Crippen LogP contribution is 2.61. The van der Waals surface area contributed by atoms with Gasteiger partial charge in [-0.1, -0.05) is 18.1 Å². The zero-order chi connectivity index (χ0) is 24.8. The summed E-state index contributed by atoms with van der Waals surface area (Å²) in [6, 6.07) is 13.7. The van der Waals surface area contributed by atoms with E-state index >= 15 is 0 Å². The van der Waals surface area contributed by atoms with Gasteiger partial charge in [-0.2, -0.15) is 0 Å². The summed E-state index contributed by atoms with van der Waals surface area (Å²) in [6.07, 6.45) is 5.85. The predicted molar refractivity (Wildman–Crippen MR) is 134 cm³/mol. The maximum Gasteiger partial charge on any atom is 0.452 e. The normalized spacial score (nSPS) is 29.9. The number of azo groups is 1. The number of carbonyl (C=O) groups excluding carboxylic acids is 1. The third-order valence-electron chi connectivity index (χ3n) is 8.36. The first-order chi connectivity index (χ1) is 16.6. The number of rotatable bonds is 3. The van der Waals surface area contributed by atoms with E-state index in [-0.39, 0.29) is 11.5 Å². The van der Waals surface area contributed by atoms with E-state index in [0.717, 1.165) is 25.0 Å². The molecule has 5 atom stereocenters. The molecule has 3 aliphatic rings. The summed E-state index contributed by atoms with van der Waals surface area (Å²) in [4.78, 5) is 11.7. The lowest BCUT2D eigenvalue weighted by atomic mass is 9.55. The van der Waals surface area contributed by atoms with E-state index < -0.39 is 11.7 Å². The molecule has 0 bridgehead atoms. The van der Waals surface area contributed by atoms with Crippen LogP contribution in [-0.4, -0.2) is 22.9 Å². The van der Waals surface area contributed by atoms with E-state index in [4.69, 9.17) is 9.47 Å². The number of amides is 1. The Balaban J connectivity index is 1.24. The van der Waals surface area contributed by atoms with Crippen LogP contribution in [0.5, 0.6) is 11.5 Å². The van der Waals surface area contributed by atoms with E-state index in [1.807, 2.05) is 12.1 Å². The maximum absolute atomic E-state index is 11.7. The van der Waals surface area contributed by atoms with Gasteiger partial charge in [-0.05, 0) is 130 Å². The van der Waals surface area contributed by atoms with E-state index in [2.05, 4.69) is 35.4 Å². The minimum absolute atomic E-state index is 0.111. The van der Waals surface area contributed by atoms with Crippen LogP contribution in [0.2, 0.25) is 0 Å². The lowest BCUT2D eigenvalue weighted by Gasteiger charge is -2.50. The molecule has 6 heteroatoms. The van der Waals surface area contributed by atoms with Gasteiger partial charge < -0.3 is 14.6 Å². The van der Waals surface area contributed by atoms with Crippen LogP contribution in [0.15, 0.2) is 52.7 Å². The molecule has 0 heterocycles. The van der Waals surface area contributed by atoms with Gasteiger partial charge in [0.15, 0.2) is 0 Å². The summed E-state index contributed by atoms with van der Waals surface area (Å²) < 4.78 is 11.3. The quantitative estimate of drug-likeness (QED) is 0.460. The molecule has 0 unspecified atom stereocenters. The standard InChI is InChI=1S/C29H36N2O4/c1-28(2,3)35-27(33)31-30-19-6-8-20(9-7-19)34-21-10-12-22-18(17-21)5-11-24-23(22)15-16-29(4)25(24)13-14-26(29)32/h6-10,12,17,23-26,32H,5,11,13-16H2,1-4H3/t23-,24-,25+,26+,29+/m1/s1. The number of ether oxygens (including phenoxy) is 2. The van der Waals surface area contributed by atoms with Crippen molar-refractivity contribution in [3.8, 4) is 11.5 Å². The van der Waals surface area contributed by atoms with Crippen molar-refractivity contribution in [1.29, 1.82) is 0 Å². The van der Waals surface area contributed by atoms with Crippen molar-refractivity contribution >= 4 is 11.8 Å². The number of benzene rings is 2. The molecule has 2 fully saturated rings. The summed E-state index contributed by atoms with van der Waals surface area (Å²) in [7, 11) is 0. The number of carbonyl (C=O) groups is 1. The molecule has 1 amide bonds. The first kappa shape index (κ1) is 24.0. The van der Waals surface area contributed by atoms with E-state index in [1.165, 1.54) is 30.4 Å². The molecule has 3 aliphatic carbocycles. The Labute approximate surface area is 207 Å². The highest BCUT2D eigenvalue weighted by molar-refractivity contribution is 5.68. The summed E-state index contributed by atoms with van der Waals surface area (Å²) >= 11 is 0. The number of nitrogens with zero attached hydrogens (tertiary/aromatic N) is 2. The van der Waals surface area contributed by atoms with Gasteiger partial charge in [0.25, 0.3) is 0 Å². The molecule has 2 aromatic rings. The fourth-order valence-corrected chi connectivity index (χ4v) is 6.69. The summed E-state index contributed by atoms with van der Waals surface area (Å²) in [6.45, 7) is 7.69. The summed E-state index contributed by atoms with van der Waals surface area (Å²) in [5.74, 6) is 3.48. The van der Waals surface area contributed by atoms with Gasteiger partial charge in [-0.25, -0.2) is 4.79 Å². The molecule has 0 aliphatic heterocycles. The second-order valence-corrected chi connectivity index (χ2v) is 11.7. The van der Waals surface area contributed by atoms with Gasteiger partial charge in [-0.3, -0.25) is 0 Å². The summed E-state index contributed by atoms with van der Waals surface area (Å²) in [5.41, 5.74) is 2.95. The molecule has 0 radical (unpaired) electrons. The van der Waals surface area contributed by atoms with Crippen LogP contribution in [0.3, 0.4) is 0 Å². The predicted octanol–water partition coefficient (Wildman–Crippen LogP) is 7.71. The van der Waals surface area contributed by atoms with Crippen molar-refractivity contribution in [3.05, 3.63) is 53.6 Å². The highest BCUT2D eigenvalue weighted by Gasteiger charge is 2.54. The average molecular weight is 477 g/mol. The topological polar surface area (TPSA) is 80.5 Å². The number of aryl methyl sites for hydroxylation is 1. The van der Waals surface area contributed by atoms with Crippen molar-refractivity contribution < 1.29 is 19.4 Å². The SMILES string of the molecule is CC(C)(C)OC(=O)N=Nc1ccc(Oc2ccc3c(c2)CC[C@@H]2[C@@H]3CC[C@]3(C)[C@@H](O)CC[C@@H]23)cc1. The van der Waals surface area contributed by atoms with Crippen LogP contribution in [0, 0.1) is 17.3 Å². The second-order valence-electron chi connectivity index (χ2n) is 11.7. The minimum atomic E-state index is -0.708. The zero-order valence-corrected chi connectivity index (χ0v) is 21.2. The number of hydrogen-bond donors (Lipinski definition) is 1. The molecule has 186 valence electrons. The number of aliphatic hydroxyl groups excluding tert-OH is 1. The highest BCUT2D eigenvalue weighted by atomic mass is 16.6. The van der Waals surface area contributed by atoms with Crippen LogP contribution in [0.4, 0.5) is 10.5 Å². The lowest BCUT2D eigenvalue weighted by molar-refractivity contribution is -0.0226. The fourth-order valence-electron chi connectivity index (χ4n) is 6.69. The van der Waals surface area contributed by atoms with Crippen LogP contribution in [0.25, 0.3) is 0 Å². The summed E-state index contributed by atoms with van der Waals surface area (Å²) in [5, 5.41) is 18.2. The monoisotopic (exact) mass is 476 g/mol. The van der Waals surface area contributed by atoms with Crippen molar-refractivity contribution in [2.24, 2.45) is 27.5 Å². The molecule has 5 rings (SSSR count). The van der Waals surface area contributed by atoms with Gasteiger partial charge in [0, 0.05) is 0 Å². The third kappa shape index (κ3) is 4.86. The molecule has 2 saturated carbocycles. The first-order valence-corrected chi connectivity index (χ1v) is 12.9. The third-order valence-corrected chi connectivity index (χ3v) is 8.36. The fraction of sp³-hybridized carbons (Fsp3) is 0.552. The second kappa shape index (κ2) is 9.05. The van der Waals surface area contributed by atoms with Crippen LogP contribution in [0.1, 0.15) is 76.8 Å². The van der Waals surface area contributed by atoms with Crippen molar-refractivity contribution in [2.75, 3.05) is 0 Å². The Kier molecular flexibility index (Phi) is 6.20. The Morgan fingerprint density at radius 1 is 1.03 bits per heavy atom. The minimum Gasteiger partial charge on any atom is -0.457 e. The van der Waals surface area contributed by atoms with E-state index in [0.29, 0.717) is 29.2 Å². The Morgan fingerprint density at radius 2 is 1.77 bits per heavy atom. The van der Waals surface area contributed by atoms with Crippen LogP contribution >= 0.6 is 0 Å². The van der Waals surface area contributed by atoms with Gasteiger partial charge in [0.05, 0.1) is 11.8 Å². The van der Waals surface area contributed by atoms with E-state index in [9.17, 15) is 9.90 Å². The lowest BCUT2D eigenvalue weighted by Crippen LogP contribution is -2.43. The van der Waals surface area contributed by atoms with Crippen molar-refractivity contribution in [1.82, 2.24) is 0 Å². The molecule has 35 heavy (non-hydrogen) atoms. The van der Waals surface area contributed by atoms with Gasteiger partial charge >= 0.3 is 6.09 Å². The molecule has 1 N–H and O–H groups in total. The van der Waals surface area contributed by atoms with Crippen molar-refractivity contribution in [3.63, 3.8) is 0 Å². The van der Waals surface area contributed by atoms with Crippen LogP contribution in [-0.2, 0) is 11.2 Å². The average Bonchev–Trinajstić information content (AvgIpc) is 3.11. The zero-order valence-electron chi connectivity index (χ0n) is 21.2. The van der Waals surface area contributed by atoms with Crippen molar-refractivity contribution in [2.45, 2.75) is 83.8 Å². The Hall–Kier alpha value is -2.73. The molecule has 0 saturated heterocycles. The maximum atomic E-state index is 11.7.